The molecule has 8 nitrogen and oxygen atoms in total. The molecule has 4 aromatic rings. The molecule has 32 heavy (non-hydrogen) atoms. The minimum Gasteiger partial charge on any atom is -0.496 e. The summed E-state index contributed by atoms with van der Waals surface area (Å²) in [5, 5.41) is 7.95. The van der Waals surface area contributed by atoms with Crippen molar-refractivity contribution in [3.8, 4) is 5.75 Å². The molecular formula is C22H19BrClN5O3. The van der Waals surface area contributed by atoms with Gasteiger partial charge < -0.3 is 10.1 Å². The molecule has 0 atom stereocenters. The molecule has 0 aliphatic carbocycles. The van der Waals surface area contributed by atoms with E-state index >= 15 is 0 Å². The average Bonchev–Trinajstić information content (AvgIpc) is 3.20. The Hall–Kier alpha value is -3.17. The zero-order chi connectivity index (χ0) is 22.7. The van der Waals surface area contributed by atoms with Gasteiger partial charge in [-0.2, -0.15) is 5.10 Å². The minimum atomic E-state index is -0.314. The van der Waals surface area contributed by atoms with Crippen LogP contribution in [0.2, 0.25) is 5.02 Å². The Labute approximate surface area is 196 Å². The number of carbonyl (C=O) groups excluding carboxylic acids is 1. The fourth-order valence-corrected chi connectivity index (χ4v) is 3.72. The molecule has 2 aromatic carbocycles. The molecule has 0 saturated heterocycles. The van der Waals surface area contributed by atoms with Crippen LogP contribution >= 0.6 is 27.5 Å². The molecule has 10 heteroatoms. The van der Waals surface area contributed by atoms with E-state index < -0.39 is 0 Å². The second-order valence-corrected chi connectivity index (χ2v) is 8.36. The maximum atomic E-state index is 12.8. The van der Waals surface area contributed by atoms with Crippen molar-refractivity contribution in [3.63, 3.8) is 0 Å². The summed E-state index contributed by atoms with van der Waals surface area (Å²) in [5.74, 6) is 0.120. The number of carbonyl (C=O) groups is 1. The van der Waals surface area contributed by atoms with Crippen molar-refractivity contribution in [2.75, 3.05) is 13.7 Å². The van der Waals surface area contributed by atoms with Gasteiger partial charge in [-0.3, -0.25) is 14.2 Å². The van der Waals surface area contributed by atoms with E-state index in [1.807, 2.05) is 24.3 Å². The normalized spacial score (nSPS) is 11.0. The highest BCUT2D eigenvalue weighted by atomic mass is 79.9. The van der Waals surface area contributed by atoms with Crippen LogP contribution in [0.25, 0.3) is 11.0 Å². The van der Waals surface area contributed by atoms with E-state index in [-0.39, 0.29) is 18.0 Å². The maximum Gasteiger partial charge on any atom is 0.264 e. The van der Waals surface area contributed by atoms with Crippen LogP contribution in [0.1, 0.15) is 15.9 Å². The lowest BCUT2D eigenvalue weighted by atomic mass is 10.2. The summed E-state index contributed by atoms with van der Waals surface area (Å²) >= 11 is 9.40. The molecule has 0 radical (unpaired) electrons. The van der Waals surface area contributed by atoms with E-state index in [9.17, 15) is 9.59 Å². The number of fused-ring (bicyclic) bond motifs is 1. The third-order valence-corrected chi connectivity index (χ3v) is 5.67. The number of halogens is 2. The van der Waals surface area contributed by atoms with Gasteiger partial charge in [-0.05, 0) is 35.9 Å². The summed E-state index contributed by atoms with van der Waals surface area (Å²) in [6, 6.07) is 12.6. The molecule has 0 spiro atoms. The topological polar surface area (TPSA) is 91.0 Å². The highest BCUT2D eigenvalue weighted by molar-refractivity contribution is 9.10. The molecule has 0 unspecified atom stereocenters. The lowest BCUT2D eigenvalue weighted by Gasteiger charge is -2.10. The molecule has 0 aliphatic heterocycles. The van der Waals surface area contributed by atoms with Crippen LogP contribution in [0.4, 0.5) is 0 Å². The van der Waals surface area contributed by atoms with Crippen LogP contribution in [-0.4, -0.2) is 38.9 Å². The fraction of sp³-hybridized carbons (Fsp3) is 0.182. The van der Waals surface area contributed by atoms with E-state index in [2.05, 4.69) is 31.3 Å². The van der Waals surface area contributed by atoms with Crippen molar-refractivity contribution in [1.29, 1.82) is 0 Å². The third kappa shape index (κ3) is 4.68. The molecule has 0 aliphatic rings. The van der Waals surface area contributed by atoms with Crippen molar-refractivity contribution >= 4 is 44.5 Å². The molecule has 0 fully saturated rings. The number of rotatable bonds is 7. The highest BCUT2D eigenvalue weighted by Gasteiger charge is 2.14. The Balaban J connectivity index is 1.46. The summed E-state index contributed by atoms with van der Waals surface area (Å²) in [6.45, 7) is 1.05. The van der Waals surface area contributed by atoms with Crippen molar-refractivity contribution in [2.24, 2.45) is 0 Å². The van der Waals surface area contributed by atoms with Crippen LogP contribution < -0.4 is 15.6 Å². The SMILES string of the molecule is COc1ccc(Cl)cc1C(=O)NCCn1ncc2c(=O)n(Cc3ccc(Br)cc3)cnc21. The molecule has 0 saturated carbocycles. The van der Waals surface area contributed by atoms with Crippen LogP contribution in [0.5, 0.6) is 5.75 Å². The first-order chi connectivity index (χ1) is 15.5. The average molecular weight is 517 g/mol. The molecule has 0 bridgehead atoms. The number of hydrogen-bond acceptors (Lipinski definition) is 5. The molecule has 164 valence electrons. The second kappa shape index (κ2) is 9.54. The first kappa shape index (κ1) is 22.0. The van der Waals surface area contributed by atoms with Crippen molar-refractivity contribution in [3.05, 3.63) is 86.0 Å². The summed E-state index contributed by atoms with van der Waals surface area (Å²) < 4.78 is 9.33. The maximum absolute atomic E-state index is 12.8. The van der Waals surface area contributed by atoms with Gasteiger partial charge in [0, 0.05) is 16.0 Å². The summed E-state index contributed by atoms with van der Waals surface area (Å²) in [7, 11) is 1.49. The van der Waals surface area contributed by atoms with E-state index in [0.29, 0.717) is 40.5 Å². The Morgan fingerprint density at radius 1 is 1.22 bits per heavy atom. The molecule has 1 amide bonds. The predicted octanol–water partition coefficient (Wildman–Crippen LogP) is 3.50. The Kier molecular flexibility index (Phi) is 6.57. The van der Waals surface area contributed by atoms with Crippen LogP contribution in [0, 0.1) is 0 Å². The van der Waals surface area contributed by atoms with Gasteiger partial charge >= 0.3 is 0 Å². The van der Waals surface area contributed by atoms with Crippen molar-refractivity contribution in [2.45, 2.75) is 13.1 Å². The fourth-order valence-electron chi connectivity index (χ4n) is 3.29. The van der Waals surface area contributed by atoms with Gasteiger partial charge in [0.1, 0.15) is 17.5 Å². The first-order valence-electron chi connectivity index (χ1n) is 9.73. The summed E-state index contributed by atoms with van der Waals surface area (Å²) in [6.07, 6.45) is 3.02. The van der Waals surface area contributed by atoms with Crippen LogP contribution in [-0.2, 0) is 13.1 Å². The van der Waals surface area contributed by atoms with E-state index in [4.69, 9.17) is 16.3 Å². The summed E-state index contributed by atoms with van der Waals surface area (Å²) in [4.78, 5) is 29.8. The number of aromatic nitrogens is 4. The Morgan fingerprint density at radius 2 is 2.00 bits per heavy atom. The van der Waals surface area contributed by atoms with Gasteiger partial charge in [-0.1, -0.05) is 39.7 Å². The predicted molar refractivity (Wildman–Crippen MR) is 125 cm³/mol. The zero-order valence-corrected chi connectivity index (χ0v) is 19.4. The number of nitrogens with zero attached hydrogens (tertiary/aromatic N) is 4. The van der Waals surface area contributed by atoms with Gasteiger partial charge in [0.25, 0.3) is 11.5 Å². The first-order valence-corrected chi connectivity index (χ1v) is 10.9. The third-order valence-electron chi connectivity index (χ3n) is 4.90. The van der Waals surface area contributed by atoms with E-state index in [1.54, 1.807) is 27.4 Å². The molecule has 4 rings (SSSR count). The molecule has 2 heterocycles. The van der Waals surface area contributed by atoms with Gasteiger partial charge in [0.2, 0.25) is 0 Å². The lowest BCUT2D eigenvalue weighted by Crippen LogP contribution is -2.28. The summed E-state index contributed by atoms with van der Waals surface area (Å²) in [5.41, 5.74) is 1.63. The number of hydrogen-bond donors (Lipinski definition) is 1. The molecule has 1 N–H and O–H groups in total. The van der Waals surface area contributed by atoms with Crippen molar-refractivity contribution in [1.82, 2.24) is 24.6 Å². The van der Waals surface area contributed by atoms with E-state index in [1.165, 1.54) is 19.6 Å². The van der Waals surface area contributed by atoms with Gasteiger partial charge in [-0.15, -0.1) is 0 Å². The largest absolute Gasteiger partial charge is 0.496 e. The molecular weight excluding hydrogens is 498 g/mol. The minimum absolute atomic E-state index is 0.170. The lowest BCUT2D eigenvalue weighted by molar-refractivity contribution is 0.0949. The van der Waals surface area contributed by atoms with Crippen LogP contribution in [0.3, 0.4) is 0 Å². The quantitative estimate of drug-likeness (QED) is 0.406. The zero-order valence-electron chi connectivity index (χ0n) is 17.1. The standard InChI is InChI=1S/C22H19BrClN5O3/c1-32-19-7-6-16(24)10-17(19)21(30)25-8-9-29-20-18(11-27-29)22(31)28(13-26-20)12-14-2-4-15(23)5-3-14/h2-7,10-11,13H,8-9,12H2,1H3,(H,25,30). The second-order valence-electron chi connectivity index (χ2n) is 7.01. The van der Waals surface area contributed by atoms with Crippen molar-refractivity contribution < 1.29 is 9.53 Å². The van der Waals surface area contributed by atoms with E-state index in [0.717, 1.165) is 10.0 Å². The van der Waals surface area contributed by atoms with Gasteiger partial charge in [0.15, 0.2) is 5.65 Å². The Bertz CT molecular complexity index is 1330. The number of ether oxygens (including phenoxy) is 1. The van der Waals surface area contributed by atoms with Crippen LogP contribution in [0.15, 0.2) is 64.3 Å². The number of nitrogens with one attached hydrogen (secondary N) is 1. The number of amides is 1. The Morgan fingerprint density at radius 3 is 2.75 bits per heavy atom. The monoisotopic (exact) mass is 515 g/mol. The van der Waals surface area contributed by atoms with Gasteiger partial charge in [-0.25, -0.2) is 9.67 Å². The highest BCUT2D eigenvalue weighted by Crippen LogP contribution is 2.22. The number of benzene rings is 2. The van der Waals surface area contributed by atoms with Gasteiger partial charge in [0.05, 0.1) is 32.0 Å². The number of methoxy groups -OCH3 is 1. The molecule has 2 aromatic heterocycles. The smallest absolute Gasteiger partial charge is 0.264 e.